The summed E-state index contributed by atoms with van der Waals surface area (Å²) in [5.74, 6) is -0.476. The van der Waals surface area contributed by atoms with Gasteiger partial charge in [0.2, 0.25) is 0 Å². The van der Waals surface area contributed by atoms with Gasteiger partial charge in [-0.3, -0.25) is 0 Å². The normalized spacial score (nSPS) is 23.4. The molecular formula is C11H12BrNO3. The lowest BCUT2D eigenvalue weighted by Crippen LogP contribution is -2.48. The highest BCUT2D eigenvalue weighted by atomic mass is 79.9. The average Bonchev–Trinajstić information content (AvgIpc) is 2.19. The first-order chi connectivity index (χ1) is 7.45. The van der Waals surface area contributed by atoms with Crippen molar-refractivity contribution in [3.05, 3.63) is 27.7 Å². The van der Waals surface area contributed by atoms with E-state index in [0.717, 1.165) is 10.0 Å². The number of carbonyl (C=O) groups is 1. The summed E-state index contributed by atoms with van der Waals surface area (Å²) in [7, 11) is 0. The molecule has 0 radical (unpaired) electrons. The summed E-state index contributed by atoms with van der Waals surface area (Å²) >= 11 is 3.36. The molecular weight excluding hydrogens is 274 g/mol. The number of carboxylic acids is 1. The van der Waals surface area contributed by atoms with Crippen LogP contribution in [0.3, 0.4) is 0 Å². The maximum Gasteiger partial charge on any atom is 0.328 e. The van der Waals surface area contributed by atoms with Crippen LogP contribution in [0.4, 0.5) is 0 Å². The summed E-state index contributed by atoms with van der Waals surface area (Å²) in [6, 6.07) is 3.65. The molecule has 1 atom stereocenters. The predicted octanol–water partition coefficient (Wildman–Crippen LogP) is 1.78. The SMILES string of the molecule is Cc1cc(Br)c2c(c1)C(N)(C(=O)O)CCO2. The van der Waals surface area contributed by atoms with Crippen LogP contribution >= 0.6 is 15.9 Å². The first kappa shape index (κ1) is 11.4. The van der Waals surface area contributed by atoms with Crippen molar-refractivity contribution in [1.82, 2.24) is 0 Å². The third kappa shape index (κ3) is 1.60. The number of rotatable bonds is 1. The van der Waals surface area contributed by atoms with E-state index in [9.17, 15) is 9.90 Å². The molecule has 1 aromatic carbocycles. The highest BCUT2D eigenvalue weighted by Crippen LogP contribution is 2.41. The topological polar surface area (TPSA) is 72.6 Å². The van der Waals surface area contributed by atoms with E-state index in [1.54, 1.807) is 6.07 Å². The maximum absolute atomic E-state index is 11.3. The largest absolute Gasteiger partial charge is 0.492 e. The lowest BCUT2D eigenvalue weighted by Gasteiger charge is -2.32. The number of hydrogen-bond acceptors (Lipinski definition) is 3. The smallest absolute Gasteiger partial charge is 0.328 e. The number of aliphatic carboxylic acids is 1. The van der Waals surface area contributed by atoms with Gasteiger partial charge in [0.05, 0.1) is 11.1 Å². The van der Waals surface area contributed by atoms with Crippen molar-refractivity contribution in [2.45, 2.75) is 18.9 Å². The second-order valence-corrected chi connectivity index (χ2v) is 4.85. The van der Waals surface area contributed by atoms with Gasteiger partial charge in [0.25, 0.3) is 0 Å². The van der Waals surface area contributed by atoms with Crippen LogP contribution in [-0.2, 0) is 10.3 Å². The molecule has 0 aliphatic carbocycles. The van der Waals surface area contributed by atoms with Gasteiger partial charge < -0.3 is 15.6 Å². The van der Waals surface area contributed by atoms with Crippen LogP contribution in [0.5, 0.6) is 5.75 Å². The number of benzene rings is 1. The fourth-order valence-electron chi connectivity index (χ4n) is 1.88. The number of ether oxygens (including phenoxy) is 1. The predicted molar refractivity (Wildman–Crippen MR) is 62.5 cm³/mol. The Kier molecular flexibility index (Phi) is 2.67. The van der Waals surface area contributed by atoms with Gasteiger partial charge in [-0.1, -0.05) is 0 Å². The third-order valence-corrected chi connectivity index (χ3v) is 3.38. The highest BCUT2D eigenvalue weighted by molar-refractivity contribution is 9.10. The van der Waals surface area contributed by atoms with Gasteiger partial charge in [-0.05, 0) is 40.5 Å². The molecule has 4 nitrogen and oxygen atoms in total. The van der Waals surface area contributed by atoms with Crippen molar-refractivity contribution in [2.75, 3.05) is 6.61 Å². The van der Waals surface area contributed by atoms with Gasteiger partial charge in [-0.15, -0.1) is 0 Å². The van der Waals surface area contributed by atoms with Crippen LogP contribution in [-0.4, -0.2) is 17.7 Å². The molecule has 1 aliphatic heterocycles. The Morgan fingerprint density at radius 1 is 1.62 bits per heavy atom. The minimum absolute atomic E-state index is 0.283. The number of fused-ring (bicyclic) bond motifs is 1. The van der Waals surface area contributed by atoms with E-state index in [2.05, 4.69) is 15.9 Å². The molecule has 1 aliphatic rings. The molecule has 1 heterocycles. The van der Waals surface area contributed by atoms with Crippen molar-refractivity contribution in [2.24, 2.45) is 5.73 Å². The van der Waals surface area contributed by atoms with Crippen LogP contribution in [0.25, 0.3) is 0 Å². The van der Waals surface area contributed by atoms with Gasteiger partial charge in [0, 0.05) is 12.0 Å². The van der Waals surface area contributed by atoms with Gasteiger partial charge in [-0.25, -0.2) is 4.79 Å². The molecule has 16 heavy (non-hydrogen) atoms. The second kappa shape index (κ2) is 3.75. The zero-order valence-electron chi connectivity index (χ0n) is 8.79. The van der Waals surface area contributed by atoms with Crippen molar-refractivity contribution in [3.8, 4) is 5.75 Å². The van der Waals surface area contributed by atoms with Gasteiger partial charge >= 0.3 is 5.97 Å². The zero-order chi connectivity index (χ0) is 11.9. The maximum atomic E-state index is 11.3. The van der Waals surface area contributed by atoms with E-state index in [4.69, 9.17) is 10.5 Å². The average molecular weight is 286 g/mol. The summed E-state index contributed by atoms with van der Waals surface area (Å²) in [5.41, 5.74) is 6.10. The molecule has 2 rings (SSSR count). The van der Waals surface area contributed by atoms with Crippen molar-refractivity contribution in [1.29, 1.82) is 0 Å². The highest BCUT2D eigenvalue weighted by Gasteiger charge is 2.42. The van der Waals surface area contributed by atoms with Gasteiger partial charge in [0.1, 0.15) is 11.3 Å². The molecule has 0 bridgehead atoms. The van der Waals surface area contributed by atoms with E-state index in [0.29, 0.717) is 17.9 Å². The van der Waals surface area contributed by atoms with E-state index >= 15 is 0 Å². The molecule has 0 saturated carbocycles. The molecule has 1 aromatic rings. The van der Waals surface area contributed by atoms with Crippen molar-refractivity contribution >= 4 is 21.9 Å². The van der Waals surface area contributed by atoms with Crippen LogP contribution in [0.1, 0.15) is 17.5 Å². The Bertz CT molecular complexity index is 461. The molecule has 0 spiro atoms. The quantitative estimate of drug-likeness (QED) is 0.825. The lowest BCUT2D eigenvalue weighted by molar-refractivity contribution is -0.144. The number of aryl methyl sites for hydroxylation is 1. The van der Waals surface area contributed by atoms with E-state index in [1.807, 2.05) is 13.0 Å². The number of nitrogens with two attached hydrogens (primary N) is 1. The Labute approximate surface area is 102 Å². The van der Waals surface area contributed by atoms with Crippen molar-refractivity contribution < 1.29 is 14.6 Å². The van der Waals surface area contributed by atoms with Crippen LogP contribution < -0.4 is 10.5 Å². The molecule has 1 unspecified atom stereocenters. The molecule has 5 heteroatoms. The van der Waals surface area contributed by atoms with E-state index in [-0.39, 0.29) is 6.42 Å². The van der Waals surface area contributed by atoms with Crippen LogP contribution in [0.2, 0.25) is 0 Å². The summed E-state index contributed by atoms with van der Waals surface area (Å²) in [5, 5.41) is 9.23. The molecule has 0 amide bonds. The standard InChI is InChI=1S/C11H12BrNO3/c1-6-4-7-9(8(12)5-6)16-3-2-11(7,13)10(14)15/h4-5H,2-3,13H2,1H3,(H,14,15). The third-order valence-electron chi connectivity index (χ3n) is 2.79. The minimum Gasteiger partial charge on any atom is -0.492 e. The van der Waals surface area contributed by atoms with Gasteiger partial charge in [0.15, 0.2) is 0 Å². The summed E-state index contributed by atoms with van der Waals surface area (Å²) in [6.07, 6.45) is 0.283. The minimum atomic E-state index is -1.35. The Morgan fingerprint density at radius 2 is 2.31 bits per heavy atom. The monoisotopic (exact) mass is 285 g/mol. The molecule has 0 fully saturated rings. The van der Waals surface area contributed by atoms with Crippen LogP contribution in [0.15, 0.2) is 16.6 Å². The molecule has 0 saturated heterocycles. The Hall–Kier alpha value is -1.07. The van der Waals surface area contributed by atoms with Crippen LogP contribution in [0, 0.1) is 6.92 Å². The lowest BCUT2D eigenvalue weighted by atomic mass is 9.85. The Morgan fingerprint density at radius 3 is 2.94 bits per heavy atom. The van der Waals surface area contributed by atoms with E-state index in [1.165, 1.54) is 0 Å². The fraction of sp³-hybridized carbons (Fsp3) is 0.364. The zero-order valence-corrected chi connectivity index (χ0v) is 10.4. The fourth-order valence-corrected chi connectivity index (χ4v) is 2.57. The molecule has 0 aromatic heterocycles. The number of hydrogen-bond donors (Lipinski definition) is 2. The molecule has 3 N–H and O–H groups in total. The summed E-state index contributed by atoms with van der Waals surface area (Å²) in [6.45, 7) is 2.21. The molecule has 86 valence electrons. The van der Waals surface area contributed by atoms with E-state index < -0.39 is 11.5 Å². The first-order valence-corrected chi connectivity index (χ1v) is 5.70. The number of halogens is 1. The summed E-state index contributed by atoms with van der Waals surface area (Å²) in [4.78, 5) is 11.3. The first-order valence-electron chi connectivity index (χ1n) is 4.91. The summed E-state index contributed by atoms with van der Waals surface area (Å²) < 4.78 is 6.21. The van der Waals surface area contributed by atoms with Gasteiger partial charge in [-0.2, -0.15) is 0 Å². The second-order valence-electron chi connectivity index (χ2n) is 4.00. The number of carboxylic acid groups (broad SMARTS) is 1. The Balaban J connectivity index is 2.67. The van der Waals surface area contributed by atoms with Crippen molar-refractivity contribution in [3.63, 3.8) is 0 Å².